The first-order valence-electron chi connectivity index (χ1n) is 6.59. The van der Waals surface area contributed by atoms with Gasteiger partial charge in [-0.2, -0.15) is 0 Å². The molecule has 3 rings (SSSR count). The van der Waals surface area contributed by atoms with E-state index in [1.807, 2.05) is 12.1 Å². The highest BCUT2D eigenvalue weighted by Crippen LogP contribution is 2.18. The molecule has 1 aliphatic carbocycles. The van der Waals surface area contributed by atoms with Crippen LogP contribution in [0.5, 0.6) is 0 Å². The number of halogens is 1. The predicted octanol–water partition coefficient (Wildman–Crippen LogP) is 2.72. The summed E-state index contributed by atoms with van der Waals surface area (Å²) in [4.78, 5) is 0. The van der Waals surface area contributed by atoms with Gasteiger partial charge in [0.2, 0.25) is 11.8 Å². The zero-order valence-corrected chi connectivity index (χ0v) is 12.2. The summed E-state index contributed by atoms with van der Waals surface area (Å²) < 4.78 is 6.72. The fourth-order valence-corrected chi connectivity index (χ4v) is 2.40. The molecule has 4 nitrogen and oxygen atoms in total. The van der Waals surface area contributed by atoms with Gasteiger partial charge in [-0.15, -0.1) is 10.2 Å². The molecular weight excluding hydrogens is 306 g/mol. The molecule has 19 heavy (non-hydrogen) atoms. The summed E-state index contributed by atoms with van der Waals surface area (Å²) in [5.74, 6) is 1.40. The van der Waals surface area contributed by atoms with E-state index in [1.54, 1.807) is 0 Å². The molecule has 1 N–H and O–H groups in total. The third kappa shape index (κ3) is 3.88. The van der Waals surface area contributed by atoms with Crippen LogP contribution in [-0.4, -0.2) is 22.8 Å². The number of nitrogens with one attached hydrogen (secondary N) is 1. The van der Waals surface area contributed by atoms with Crippen LogP contribution in [0.15, 0.2) is 33.2 Å². The van der Waals surface area contributed by atoms with E-state index >= 15 is 0 Å². The molecule has 1 aliphatic rings. The minimum absolute atomic E-state index is 0.680. The number of hydrogen-bond acceptors (Lipinski definition) is 4. The summed E-state index contributed by atoms with van der Waals surface area (Å²) in [7, 11) is 0. The number of rotatable bonds is 6. The summed E-state index contributed by atoms with van der Waals surface area (Å²) in [5, 5.41) is 11.6. The lowest BCUT2D eigenvalue weighted by Gasteiger charge is -1.98. The second kappa shape index (κ2) is 5.84. The Labute approximate surface area is 120 Å². The quantitative estimate of drug-likeness (QED) is 0.888. The molecular formula is C14H16BrN3O. The Kier molecular flexibility index (Phi) is 3.94. The Morgan fingerprint density at radius 2 is 2.11 bits per heavy atom. The van der Waals surface area contributed by atoms with Crippen molar-refractivity contribution in [3.8, 4) is 0 Å². The van der Waals surface area contributed by atoms with Gasteiger partial charge in [-0.05, 0) is 30.5 Å². The van der Waals surface area contributed by atoms with Gasteiger partial charge >= 0.3 is 0 Å². The van der Waals surface area contributed by atoms with Gasteiger partial charge in [0.25, 0.3) is 0 Å². The zero-order valence-electron chi connectivity index (χ0n) is 10.6. The van der Waals surface area contributed by atoms with Crippen LogP contribution >= 0.6 is 15.9 Å². The average Bonchev–Trinajstić information content (AvgIpc) is 3.10. The topological polar surface area (TPSA) is 51.0 Å². The van der Waals surface area contributed by atoms with Gasteiger partial charge in [-0.25, -0.2) is 0 Å². The highest BCUT2D eigenvalue weighted by Gasteiger charge is 2.20. The van der Waals surface area contributed by atoms with Crippen molar-refractivity contribution in [3.05, 3.63) is 46.1 Å². The van der Waals surface area contributed by atoms with Crippen LogP contribution in [0.2, 0.25) is 0 Å². The molecule has 1 saturated carbocycles. The second-order valence-electron chi connectivity index (χ2n) is 4.87. The van der Waals surface area contributed by atoms with Crippen LogP contribution in [0.4, 0.5) is 0 Å². The Bertz CT molecular complexity index is 551. The molecule has 0 spiro atoms. The SMILES string of the molecule is Brc1cccc(Cc2nnc(CCNC3CC3)o2)c1. The Morgan fingerprint density at radius 1 is 1.26 bits per heavy atom. The third-order valence-corrected chi connectivity index (χ3v) is 3.60. The van der Waals surface area contributed by atoms with Crippen LogP contribution in [0.1, 0.15) is 30.2 Å². The van der Waals surface area contributed by atoms with E-state index in [0.29, 0.717) is 12.3 Å². The standard InChI is InChI=1S/C14H16BrN3O/c15-11-3-1-2-10(8-11)9-14-18-17-13(19-14)6-7-16-12-4-5-12/h1-3,8,12,16H,4-7,9H2. The van der Waals surface area contributed by atoms with Crippen molar-refractivity contribution in [2.75, 3.05) is 6.54 Å². The largest absolute Gasteiger partial charge is 0.425 e. The van der Waals surface area contributed by atoms with E-state index in [2.05, 4.69) is 43.6 Å². The third-order valence-electron chi connectivity index (χ3n) is 3.10. The summed E-state index contributed by atoms with van der Waals surface area (Å²) in [5.41, 5.74) is 1.17. The smallest absolute Gasteiger partial charge is 0.220 e. The number of benzene rings is 1. The van der Waals surface area contributed by atoms with Gasteiger partial charge < -0.3 is 9.73 Å². The molecule has 0 saturated heterocycles. The maximum absolute atomic E-state index is 5.65. The molecule has 1 aromatic heterocycles. The maximum Gasteiger partial charge on any atom is 0.220 e. The van der Waals surface area contributed by atoms with Gasteiger partial charge in [0.05, 0.1) is 6.42 Å². The summed E-state index contributed by atoms with van der Waals surface area (Å²) in [6.45, 7) is 0.920. The molecule has 0 radical (unpaired) electrons. The molecule has 0 aliphatic heterocycles. The normalized spacial score (nSPS) is 14.8. The van der Waals surface area contributed by atoms with Crippen molar-refractivity contribution >= 4 is 15.9 Å². The van der Waals surface area contributed by atoms with Crippen LogP contribution < -0.4 is 5.32 Å². The molecule has 2 aromatic rings. The van der Waals surface area contributed by atoms with Crippen molar-refractivity contribution in [2.24, 2.45) is 0 Å². The predicted molar refractivity (Wildman–Crippen MR) is 76.0 cm³/mol. The first kappa shape index (κ1) is 12.8. The lowest BCUT2D eigenvalue weighted by atomic mass is 10.1. The molecule has 1 aromatic carbocycles. The molecule has 0 amide bonds. The monoisotopic (exact) mass is 321 g/mol. The van der Waals surface area contributed by atoms with Crippen molar-refractivity contribution in [2.45, 2.75) is 31.7 Å². The summed E-state index contributed by atoms with van der Waals surface area (Å²) in [6, 6.07) is 8.87. The Balaban J connectivity index is 1.54. The fourth-order valence-electron chi connectivity index (χ4n) is 1.95. The minimum Gasteiger partial charge on any atom is -0.425 e. The average molecular weight is 322 g/mol. The van der Waals surface area contributed by atoms with E-state index in [0.717, 1.165) is 29.4 Å². The van der Waals surface area contributed by atoms with Crippen molar-refractivity contribution < 1.29 is 4.42 Å². The Morgan fingerprint density at radius 3 is 2.89 bits per heavy atom. The summed E-state index contributed by atoms with van der Waals surface area (Å²) in [6.07, 6.45) is 4.10. The molecule has 100 valence electrons. The molecule has 0 atom stereocenters. The van der Waals surface area contributed by atoms with E-state index in [9.17, 15) is 0 Å². The van der Waals surface area contributed by atoms with Gasteiger partial charge in [-0.1, -0.05) is 28.1 Å². The first-order valence-corrected chi connectivity index (χ1v) is 7.38. The number of aromatic nitrogens is 2. The van der Waals surface area contributed by atoms with Gasteiger partial charge in [0, 0.05) is 23.5 Å². The van der Waals surface area contributed by atoms with Gasteiger partial charge in [0.1, 0.15) is 0 Å². The Hall–Kier alpha value is -1.20. The minimum atomic E-state index is 0.680. The second-order valence-corrected chi connectivity index (χ2v) is 5.79. The first-order chi connectivity index (χ1) is 9.29. The van der Waals surface area contributed by atoms with Crippen LogP contribution in [0.25, 0.3) is 0 Å². The van der Waals surface area contributed by atoms with Crippen molar-refractivity contribution in [3.63, 3.8) is 0 Å². The highest BCUT2D eigenvalue weighted by molar-refractivity contribution is 9.10. The van der Waals surface area contributed by atoms with Crippen molar-refractivity contribution in [1.29, 1.82) is 0 Å². The van der Waals surface area contributed by atoms with Crippen LogP contribution in [-0.2, 0) is 12.8 Å². The van der Waals surface area contributed by atoms with E-state index in [4.69, 9.17) is 4.42 Å². The lowest BCUT2D eigenvalue weighted by Crippen LogP contribution is -2.19. The zero-order chi connectivity index (χ0) is 13.1. The van der Waals surface area contributed by atoms with E-state index < -0.39 is 0 Å². The van der Waals surface area contributed by atoms with E-state index in [1.165, 1.54) is 18.4 Å². The van der Waals surface area contributed by atoms with Crippen LogP contribution in [0, 0.1) is 0 Å². The van der Waals surface area contributed by atoms with Gasteiger partial charge in [0.15, 0.2) is 0 Å². The molecule has 1 fully saturated rings. The fraction of sp³-hybridized carbons (Fsp3) is 0.429. The molecule has 0 unspecified atom stereocenters. The van der Waals surface area contributed by atoms with Crippen molar-refractivity contribution in [1.82, 2.24) is 15.5 Å². The number of nitrogens with zero attached hydrogens (tertiary/aromatic N) is 2. The maximum atomic E-state index is 5.65. The van der Waals surface area contributed by atoms with Crippen LogP contribution in [0.3, 0.4) is 0 Å². The van der Waals surface area contributed by atoms with Gasteiger partial charge in [-0.3, -0.25) is 0 Å². The lowest BCUT2D eigenvalue weighted by molar-refractivity contribution is 0.451. The molecule has 0 bridgehead atoms. The molecule has 5 heteroatoms. The summed E-state index contributed by atoms with van der Waals surface area (Å²) >= 11 is 3.46. The molecule has 1 heterocycles. The highest BCUT2D eigenvalue weighted by atomic mass is 79.9. The number of hydrogen-bond donors (Lipinski definition) is 1. The van der Waals surface area contributed by atoms with E-state index in [-0.39, 0.29) is 0 Å².